The minimum atomic E-state index is -0.814. The van der Waals surface area contributed by atoms with E-state index in [4.69, 9.17) is 4.74 Å². The molecule has 0 spiro atoms. The molecular formula is C15H13BrN2O3. The summed E-state index contributed by atoms with van der Waals surface area (Å²) in [5, 5.41) is 22.1. The van der Waals surface area contributed by atoms with E-state index < -0.39 is 5.72 Å². The van der Waals surface area contributed by atoms with Crippen LogP contribution in [0.4, 0.5) is 0 Å². The molecule has 108 valence electrons. The zero-order valence-electron chi connectivity index (χ0n) is 11.5. The largest absolute Gasteiger partial charge is 0.618 e. The van der Waals surface area contributed by atoms with Crippen LogP contribution in [0.25, 0.3) is 0 Å². The molecule has 2 heterocycles. The van der Waals surface area contributed by atoms with E-state index in [1.54, 1.807) is 13.8 Å². The standard InChI is InChI=1S/C15H13BrN2O3/c1-15(2)17-13(14-11(19)4-3-7-18(14)20)10-8-9(16)5-6-12(10)21-15/h3-8,19H,1-2H3. The van der Waals surface area contributed by atoms with E-state index in [9.17, 15) is 10.3 Å². The number of nitrogens with zero attached hydrogens (tertiary/aromatic N) is 2. The summed E-state index contributed by atoms with van der Waals surface area (Å²) in [4.78, 5) is 4.48. The van der Waals surface area contributed by atoms with Gasteiger partial charge in [0.15, 0.2) is 17.7 Å². The summed E-state index contributed by atoms with van der Waals surface area (Å²) >= 11 is 3.40. The van der Waals surface area contributed by atoms with Gasteiger partial charge in [-0.15, -0.1) is 0 Å². The maximum Gasteiger partial charge on any atom is 0.284 e. The monoisotopic (exact) mass is 348 g/mol. The smallest absolute Gasteiger partial charge is 0.284 e. The van der Waals surface area contributed by atoms with Crippen LogP contribution >= 0.6 is 15.9 Å². The van der Waals surface area contributed by atoms with Gasteiger partial charge in [0.25, 0.3) is 5.69 Å². The number of hydrogen-bond acceptors (Lipinski definition) is 4. The van der Waals surface area contributed by atoms with Crippen LogP contribution in [0.1, 0.15) is 25.1 Å². The SMILES string of the molecule is CC1(C)N=C(c2c(O)ccc[n+]2[O-])c2cc(Br)ccc2O1. The summed E-state index contributed by atoms with van der Waals surface area (Å²) < 4.78 is 7.25. The van der Waals surface area contributed by atoms with E-state index in [0.717, 1.165) is 4.47 Å². The molecule has 1 aliphatic rings. The van der Waals surface area contributed by atoms with Gasteiger partial charge in [-0.05, 0) is 38.1 Å². The number of hydrogen-bond donors (Lipinski definition) is 1. The van der Waals surface area contributed by atoms with Crippen LogP contribution in [-0.4, -0.2) is 16.5 Å². The zero-order valence-corrected chi connectivity index (χ0v) is 13.1. The van der Waals surface area contributed by atoms with Gasteiger partial charge in [0.1, 0.15) is 11.5 Å². The maximum atomic E-state index is 12.1. The maximum absolute atomic E-state index is 12.1. The van der Waals surface area contributed by atoms with E-state index in [2.05, 4.69) is 20.9 Å². The first-order valence-electron chi connectivity index (χ1n) is 6.38. The fourth-order valence-corrected chi connectivity index (χ4v) is 2.64. The molecule has 0 fully saturated rings. The molecule has 5 nitrogen and oxygen atoms in total. The third-order valence-corrected chi connectivity index (χ3v) is 3.59. The summed E-state index contributed by atoms with van der Waals surface area (Å²) in [7, 11) is 0. The molecule has 0 amide bonds. The lowest BCUT2D eigenvalue weighted by atomic mass is 10.0. The van der Waals surface area contributed by atoms with Crippen LogP contribution in [-0.2, 0) is 0 Å². The van der Waals surface area contributed by atoms with Gasteiger partial charge in [-0.2, -0.15) is 4.73 Å². The normalized spacial score (nSPS) is 15.9. The number of pyridine rings is 1. The molecule has 0 unspecified atom stereocenters. The molecule has 0 bridgehead atoms. The van der Waals surface area contributed by atoms with E-state index in [1.165, 1.54) is 18.3 Å². The third-order valence-electron chi connectivity index (χ3n) is 3.10. The number of rotatable bonds is 1. The highest BCUT2D eigenvalue weighted by Crippen LogP contribution is 2.35. The average molecular weight is 349 g/mol. The van der Waals surface area contributed by atoms with Gasteiger partial charge in [0, 0.05) is 10.5 Å². The van der Waals surface area contributed by atoms with Crippen LogP contribution in [0.5, 0.6) is 11.5 Å². The van der Waals surface area contributed by atoms with Crippen molar-refractivity contribution in [2.75, 3.05) is 0 Å². The summed E-state index contributed by atoms with van der Waals surface area (Å²) in [5.41, 5.74) is 0.379. The van der Waals surface area contributed by atoms with Crippen molar-refractivity contribution in [1.29, 1.82) is 0 Å². The van der Waals surface area contributed by atoms with Crippen molar-refractivity contribution >= 4 is 21.6 Å². The summed E-state index contributed by atoms with van der Waals surface area (Å²) in [6.07, 6.45) is 1.33. The lowest BCUT2D eigenvalue weighted by molar-refractivity contribution is -0.607. The Morgan fingerprint density at radius 1 is 1.33 bits per heavy atom. The van der Waals surface area contributed by atoms with Gasteiger partial charge in [-0.1, -0.05) is 15.9 Å². The molecule has 0 saturated carbocycles. The quantitative estimate of drug-likeness (QED) is 0.636. The molecule has 0 radical (unpaired) electrons. The van der Waals surface area contributed by atoms with Crippen molar-refractivity contribution in [3.05, 3.63) is 57.5 Å². The Kier molecular flexibility index (Phi) is 3.13. The fourth-order valence-electron chi connectivity index (χ4n) is 2.28. The Hall–Kier alpha value is -2.08. The number of fused-ring (bicyclic) bond motifs is 1. The van der Waals surface area contributed by atoms with Crippen molar-refractivity contribution in [3.8, 4) is 11.5 Å². The molecule has 1 N–H and O–H groups in total. The Morgan fingerprint density at radius 2 is 2.10 bits per heavy atom. The molecule has 2 aromatic rings. The van der Waals surface area contributed by atoms with Crippen molar-refractivity contribution in [2.24, 2.45) is 4.99 Å². The van der Waals surface area contributed by atoms with Gasteiger partial charge >= 0.3 is 0 Å². The Morgan fingerprint density at radius 3 is 2.81 bits per heavy atom. The van der Waals surface area contributed by atoms with E-state index in [1.807, 2.05) is 18.2 Å². The second-order valence-electron chi connectivity index (χ2n) is 5.22. The lowest BCUT2D eigenvalue weighted by Gasteiger charge is -2.29. The van der Waals surface area contributed by atoms with Crippen LogP contribution in [0.15, 0.2) is 46.0 Å². The Labute approximate surface area is 130 Å². The first-order chi connectivity index (χ1) is 9.87. The van der Waals surface area contributed by atoms with Crippen molar-refractivity contribution in [3.63, 3.8) is 0 Å². The number of ether oxygens (including phenoxy) is 1. The van der Waals surface area contributed by atoms with Crippen LogP contribution in [0, 0.1) is 5.21 Å². The number of aromatic hydroxyl groups is 1. The minimum Gasteiger partial charge on any atom is -0.618 e. The predicted octanol–water partition coefficient (Wildman–Crippen LogP) is 2.75. The Bertz CT molecular complexity index is 736. The topological polar surface area (TPSA) is 68.8 Å². The van der Waals surface area contributed by atoms with Gasteiger partial charge in [0.2, 0.25) is 0 Å². The number of aromatic nitrogens is 1. The molecule has 6 heteroatoms. The second-order valence-corrected chi connectivity index (χ2v) is 6.13. The van der Waals surface area contributed by atoms with E-state index in [0.29, 0.717) is 21.8 Å². The molecule has 1 aliphatic heterocycles. The third kappa shape index (κ3) is 2.47. The molecule has 0 saturated heterocycles. The van der Waals surface area contributed by atoms with Gasteiger partial charge in [-0.25, -0.2) is 4.99 Å². The van der Waals surface area contributed by atoms with Gasteiger partial charge in [-0.3, -0.25) is 0 Å². The lowest BCUT2D eigenvalue weighted by Crippen LogP contribution is -2.39. The Balaban J connectivity index is 2.30. The highest BCUT2D eigenvalue weighted by atomic mass is 79.9. The molecule has 21 heavy (non-hydrogen) atoms. The highest BCUT2D eigenvalue weighted by Gasteiger charge is 2.33. The zero-order chi connectivity index (χ0) is 15.2. The van der Waals surface area contributed by atoms with Crippen LogP contribution in [0.2, 0.25) is 0 Å². The van der Waals surface area contributed by atoms with Gasteiger partial charge in [0.05, 0.1) is 5.56 Å². The second kappa shape index (κ2) is 4.73. The molecule has 0 atom stereocenters. The summed E-state index contributed by atoms with van der Waals surface area (Å²) in [5.74, 6) is 0.506. The summed E-state index contributed by atoms with van der Waals surface area (Å²) in [6, 6.07) is 8.43. The van der Waals surface area contributed by atoms with Crippen molar-refractivity contribution in [2.45, 2.75) is 19.6 Å². The first kappa shape index (κ1) is 13.9. The van der Waals surface area contributed by atoms with Gasteiger partial charge < -0.3 is 15.1 Å². The molecular weight excluding hydrogens is 336 g/mol. The van der Waals surface area contributed by atoms with Crippen LogP contribution < -0.4 is 9.47 Å². The minimum absolute atomic E-state index is 0.116. The van der Waals surface area contributed by atoms with E-state index >= 15 is 0 Å². The molecule has 1 aromatic heterocycles. The average Bonchev–Trinajstić information content (AvgIpc) is 2.38. The highest BCUT2D eigenvalue weighted by molar-refractivity contribution is 9.10. The molecule has 0 aliphatic carbocycles. The number of aliphatic imine (C=N–C) groups is 1. The first-order valence-corrected chi connectivity index (χ1v) is 7.17. The number of halogens is 1. The molecule has 1 aromatic carbocycles. The summed E-state index contributed by atoms with van der Waals surface area (Å²) in [6.45, 7) is 3.60. The molecule has 3 rings (SSSR count). The number of benzene rings is 1. The predicted molar refractivity (Wildman–Crippen MR) is 81.6 cm³/mol. The van der Waals surface area contributed by atoms with Crippen LogP contribution in [0.3, 0.4) is 0 Å². The van der Waals surface area contributed by atoms with Crippen molar-refractivity contribution < 1.29 is 14.6 Å². The van der Waals surface area contributed by atoms with E-state index in [-0.39, 0.29) is 11.4 Å². The fraction of sp³-hybridized carbons (Fsp3) is 0.200. The van der Waals surface area contributed by atoms with Crippen molar-refractivity contribution in [1.82, 2.24) is 0 Å².